The molecule has 0 bridgehead atoms. The zero-order chi connectivity index (χ0) is 22.1. The van der Waals surface area contributed by atoms with Gasteiger partial charge in [0.25, 0.3) is 0 Å². The van der Waals surface area contributed by atoms with Crippen molar-refractivity contribution >= 4 is 27.5 Å². The van der Waals surface area contributed by atoms with Crippen LogP contribution in [0.1, 0.15) is 18.4 Å². The molecule has 1 amide bonds. The zero-order valence-corrected chi connectivity index (χ0v) is 17.7. The molecule has 0 aliphatic carbocycles. The fraction of sp³-hybridized carbons (Fsp3) is 0.350. The van der Waals surface area contributed by atoms with Gasteiger partial charge in [-0.1, -0.05) is 17.7 Å². The largest absolute Gasteiger partial charge is 0.341 e. The SMILES string of the molecule is CN(Cc1c(F)cccc1Cl)C(=O)C1CCN(S(=O)(=O)c2ccc(F)c(F)c2)CC1. The van der Waals surface area contributed by atoms with Crippen LogP contribution in [0.15, 0.2) is 41.3 Å². The second kappa shape index (κ2) is 8.95. The van der Waals surface area contributed by atoms with Gasteiger partial charge in [-0.2, -0.15) is 4.31 Å². The van der Waals surface area contributed by atoms with Crippen LogP contribution in [0.3, 0.4) is 0 Å². The van der Waals surface area contributed by atoms with E-state index in [9.17, 15) is 26.4 Å². The molecule has 1 aliphatic heterocycles. The molecule has 30 heavy (non-hydrogen) atoms. The van der Waals surface area contributed by atoms with Gasteiger partial charge in [-0.05, 0) is 43.2 Å². The van der Waals surface area contributed by atoms with E-state index in [-0.39, 0.29) is 53.9 Å². The van der Waals surface area contributed by atoms with Crippen LogP contribution in [-0.4, -0.2) is 43.7 Å². The summed E-state index contributed by atoms with van der Waals surface area (Å²) in [6.07, 6.45) is 0.522. The van der Waals surface area contributed by atoms with E-state index < -0.39 is 33.4 Å². The zero-order valence-electron chi connectivity index (χ0n) is 16.1. The molecule has 1 fully saturated rings. The Kier molecular flexibility index (Phi) is 6.74. The Labute approximate surface area is 178 Å². The number of rotatable bonds is 5. The number of carbonyl (C=O) groups is 1. The molecule has 0 aromatic heterocycles. The summed E-state index contributed by atoms with van der Waals surface area (Å²) in [5, 5.41) is 0.224. The second-order valence-electron chi connectivity index (χ2n) is 7.15. The van der Waals surface area contributed by atoms with E-state index in [0.717, 1.165) is 16.4 Å². The molecule has 0 unspecified atom stereocenters. The third kappa shape index (κ3) is 4.63. The molecule has 162 valence electrons. The van der Waals surface area contributed by atoms with Crippen molar-refractivity contribution in [1.82, 2.24) is 9.21 Å². The van der Waals surface area contributed by atoms with Gasteiger partial charge in [-0.3, -0.25) is 4.79 Å². The summed E-state index contributed by atoms with van der Waals surface area (Å²) in [5.41, 5.74) is 0.216. The number of hydrogen-bond acceptors (Lipinski definition) is 3. The van der Waals surface area contributed by atoms with Crippen LogP contribution in [0.5, 0.6) is 0 Å². The fourth-order valence-electron chi connectivity index (χ4n) is 3.44. The third-order valence-electron chi connectivity index (χ3n) is 5.17. The maximum atomic E-state index is 14.0. The lowest BCUT2D eigenvalue weighted by Gasteiger charge is -2.32. The van der Waals surface area contributed by atoms with Crippen LogP contribution in [0.2, 0.25) is 5.02 Å². The molecule has 3 rings (SSSR count). The van der Waals surface area contributed by atoms with Gasteiger partial charge >= 0.3 is 0 Å². The molecule has 2 aromatic carbocycles. The first-order chi connectivity index (χ1) is 14.1. The van der Waals surface area contributed by atoms with E-state index in [1.165, 1.54) is 24.1 Å². The Morgan fingerprint density at radius 2 is 1.77 bits per heavy atom. The summed E-state index contributed by atoms with van der Waals surface area (Å²) in [6.45, 7) is 0.121. The number of hydrogen-bond donors (Lipinski definition) is 0. The molecular formula is C20H20ClF3N2O3S. The number of piperidine rings is 1. The summed E-state index contributed by atoms with van der Waals surface area (Å²) in [7, 11) is -2.46. The normalized spacial score (nSPS) is 15.9. The lowest BCUT2D eigenvalue weighted by molar-refractivity contribution is -0.135. The Bertz CT molecular complexity index is 1040. The second-order valence-corrected chi connectivity index (χ2v) is 9.49. The summed E-state index contributed by atoms with van der Waals surface area (Å²) < 4.78 is 67.0. The van der Waals surface area contributed by atoms with Crippen LogP contribution in [0.25, 0.3) is 0 Å². The minimum Gasteiger partial charge on any atom is -0.341 e. The first kappa shape index (κ1) is 22.6. The van der Waals surface area contributed by atoms with Crippen molar-refractivity contribution in [2.45, 2.75) is 24.3 Å². The molecule has 1 heterocycles. The monoisotopic (exact) mass is 460 g/mol. The molecule has 1 aliphatic rings. The van der Waals surface area contributed by atoms with E-state index in [0.29, 0.717) is 6.07 Å². The van der Waals surface area contributed by atoms with E-state index in [4.69, 9.17) is 11.6 Å². The quantitative estimate of drug-likeness (QED) is 0.681. The van der Waals surface area contributed by atoms with Gasteiger partial charge in [0.05, 0.1) is 4.90 Å². The lowest BCUT2D eigenvalue weighted by Crippen LogP contribution is -2.43. The van der Waals surface area contributed by atoms with Crippen molar-refractivity contribution in [3.05, 3.63) is 64.4 Å². The van der Waals surface area contributed by atoms with Crippen molar-refractivity contribution in [1.29, 1.82) is 0 Å². The van der Waals surface area contributed by atoms with Crippen molar-refractivity contribution in [2.75, 3.05) is 20.1 Å². The van der Waals surface area contributed by atoms with Gasteiger partial charge in [-0.15, -0.1) is 0 Å². The third-order valence-corrected chi connectivity index (χ3v) is 7.41. The Hall–Kier alpha value is -2.10. The highest BCUT2D eigenvalue weighted by Gasteiger charge is 2.33. The Morgan fingerprint density at radius 3 is 2.37 bits per heavy atom. The minimum absolute atomic E-state index is 0.00227. The first-order valence-corrected chi connectivity index (χ1v) is 11.1. The molecule has 1 saturated heterocycles. The number of amides is 1. The summed E-state index contributed by atoms with van der Waals surface area (Å²) >= 11 is 6.01. The van der Waals surface area contributed by atoms with Crippen molar-refractivity contribution in [3.63, 3.8) is 0 Å². The molecule has 10 heteroatoms. The molecule has 0 saturated carbocycles. The maximum absolute atomic E-state index is 14.0. The minimum atomic E-state index is -4.00. The predicted octanol–water partition coefficient (Wildman–Crippen LogP) is 3.82. The van der Waals surface area contributed by atoms with Crippen LogP contribution < -0.4 is 0 Å². The molecule has 0 radical (unpaired) electrons. The fourth-order valence-corrected chi connectivity index (χ4v) is 5.14. The molecule has 2 aromatic rings. The summed E-state index contributed by atoms with van der Waals surface area (Å²) in [4.78, 5) is 13.8. The highest BCUT2D eigenvalue weighted by Crippen LogP contribution is 2.27. The van der Waals surface area contributed by atoms with Crippen LogP contribution in [0, 0.1) is 23.4 Å². The predicted molar refractivity (Wildman–Crippen MR) is 106 cm³/mol. The van der Waals surface area contributed by atoms with Gasteiger partial charge in [0.2, 0.25) is 15.9 Å². The molecular weight excluding hydrogens is 441 g/mol. The number of nitrogens with zero attached hydrogens (tertiary/aromatic N) is 2. The van der Waals surface area contributed by atoms with Crippen LogP contribution in [0.4, 0.5) is 13.2 Å². The van der Waals surface area contributed by atoms with Gasteiger partial charge in [-0.25, -0.2) is 21.6 Å². The molecule has 0 N–H and O–H groups in total. The highest BCUT2D eigenvalue weighted by molar-refractivity contribution is 7.89. The van der Waals surface area contributed by atoms with Gasteiger partial charge < -0.3 is 4.90 Å². The average Bonchev–Trinajstić information content (AvgIpc) is 2.72. The van der Waals surface area contributed by atoms with Crippen molar-refractivity contribution in [3.8, 4) is 0 Å². The van der Waals surface area contributed by atoms with Gasteiger partial charge in [0.1, 0.15) is 5.82 Å². The summed E-state index contributed by atoms with van der Waals surface area (Å²) in [5.74, 6) is -3.54. The van der Waals surface area contributed by atoms with E-state index >= 15 is 0 Å². The van der Waals surface area contributed by atoms with Crippen molar-refractivity contribution in [2.24, 2.45) is 5.92 Å². The maximum Gasteiger partial charge on any atom is 0.243 e. The standard InChI is InChI=1S/C20H20ClF3N2O3S/c1-25(12-15-16(21)3-2-4-17(15)22)20(27)13-7-9-26(10-8-13)30(28,29)14-5-6-18(23)19(24)11-14/h2-6,11,13H,7-10,12H2,1H3. The van der Waals surface area contributed by atoms with E-state index in [2.05, 4.69) is 0 Å². The van der Waals surface area contributed by atoms with Crippen molar-refractivity contribution < 1.29 is 26.4 Å². The first-order valence-electron chi connectivity index (χ1n) is 9.24. The van der Waals surface area contributed by atoms with E-state index in [1.807, 2.05) is 0 Å². The van der Waals surface area contributed by atoms with Gasteiger partial charge in [0, 0.05) is 43.2 Å². The average molecular weight is 461 g/mol. The van der Waals surface area contributed by atoms with E-state index in [1.54, 1.807) is 6.07 Å². The topological polar surface area (TPSA) is 57.7 Å². The van der Waals surface area contributed by atoms with Crippen LogP contribution >= 0.6 is 11.6 Å². The lowest BCUT2D eigenvalue weighted by atomic mass is 9.96. The molecule has 5 nitrogen and oxygen atoms in total. The highest BCUT2D eigenvalue weighted by atomic mass is 35.5. The number of halogens is 4. The smallest absolute Gasteiger partial charge is 0.243 e. The Morgan fingerprint density at radius 1 is 1.10 bits per heavy atom. The number of sulfonamides is 1. The molecule has 0 atom stereocenters. The van der Waals surface area contributed by atoms with Crippen LogP contribution in [-0.2, 0) is 21.4 Å². The summed E-state index contributed by atoms with van der Waals surface area (Å²) in [6, 6.07) is 6.71. The number of carbonyl (C=O) groups excluding carboxylic acids is 1. The molecule has 0 spiro atoms. The van der Waals surface area contributed by atoms with Gasteiger partial charge in [0.15, 0.2) is 11.6 Å². The number of benzene rings is 2. The Balaban J connectivity index is 1.64.